The summed E-state index contributed by atoms with van der Waals surface area (Å²) in [7, 11) is 3.99. The van der Waals surface area contributed by atoms with Crippen LogP contribution in [0.25, 0.3) is 0 Å². The normalized spacial score (nSPS) is 44.4. The molecule has 2 fully saturated rings. The average molecular weight is 215 g/mol. The summed E-state index contributed by atoms with van der Waals surface area (Å²) < 4.78 is 11.5. The van der Waals surface area contributed by atoms with Crippen molar-refractivity contribution in [1.29, 1.82) is 0 Å². The van der Waals surface area contributed by atoms with Gasteiger partial charge in [-0.3, -0.25) is 0 Å². The fraction of sp³-hybridized carbons (Fsp3) is 1.00. The Balaban J connectivity index is 2.09. The van der Waals surface area contributed by atoms with E-state index in [9.17, 15) is 5.11 Å². The highest BCUT2D eigenvalue weighted by Gasteiger charge is 2.49. The minimum atomic E-state index is -0.544. The molecule has 1 heterocycles. The summed E-state index contributed by atoms with van der Waals surface area (Å²) in [5.41, 5.74) is 0. The number of aliphatic hydroxyl groups excluding tert-OH is 1. The second-order valence-corrected chi connectivity index (χ2v) is 5.24. The van der Waals surface area contributed by atoms with Gasteiger partial charge in [-0.2, -0.15) is 0 Å². The zero-order valence-electron chi connectivity index (χ0n) is 9.93. The smallest absolute Gasteiger partial charge is 0.163 e. The molecule has 1 aliphatic heterocycles. The molecule has 1 saturated carbocycles. The molecular formula is C11H21NO3. The minimum absolute atomic E-state index is 0.0613. The van der Waals surface area contributed by atoms with Gasteiger partial charge in [0.05, 0.1) is 12.2 Å². The third-order valence-electron chi connectivity index (χ3n) is 3.36. The summed E-state index contributed by atoms with van der Waals surface area (Å²) in [4.78, 5) is 2.07. The van der Waals surface area contributed by atoms with Crippen molar-refractivity contribution in [3.05, 3.63) is 0 Å². The highest BCUT2D eigenvalue weighted by Crippen LogP contribution is 2.37. The van der Waals surface area contributed by atoms with E-state index in [2.05, 4.69) is 4.90 Å². The lowest BCUT2D eigenvalue weighted by Crippen LogP contribution is -2.53. The van der Waals surface area contributed by atoms with Crippen LogP contribution in [0.5, 0.6) is 0 Å². The maximum atomic E-state index is 10.2. The van der Waals surface area contributed by atoms with Gasteiger partial charge in [-0.1, -0.05) is 0 Å². The van der Waals surface area contributed by atoms with Gasteiger partial charge in [-0.15, -0.1) is 0 Å². The Kier molecular flexibility index (Phi) is 2.79. The first-order valence-electron chi connectivity index (χ1n) is 5.61. The first-order valence-corrected chi connectivity index (χ1v) is 5.61. The van der Waals surface area contributed by atoms with Crippen molar-refractivity contribution in [3.63, 3.8) is 0 Å². The van der Waals surface area contributed by atoms with Crippen molar-refractivity contribution < 1.29 is 14.6 Å². The number of likely N-dealkylation sites (N-methyl/N-ethyl adjacent to an activating group) is 1. The van der Waals surface area contributed by atoms with E-state index in [-0.39, 0.29) is 18.2 Å². The number of nitrogens with zero attached hydrogens (tertiary/aromatic N) is 1. The molecule has 0 aromatic carbocycles. The van der Waals surface area contributed by atoms with Gasteiger partial charge in [-0.05, 0) is 40.8 Å². The van der Waals surface area contributed by atoms with Crippen LogP contribution in [-0.4, -0.2) is 54.2 Å². The van der Waals surface area contributed by atoms with Gasteiger partial charge >= 0.3 is 0 Å². The summed E-state index contributed by atoms with van der Waals surface area (Å²) in [6, 6.07) is 0.184. The number of ether oxygens (including phenoxy) is 2. The van der Waals surface area contributed by atoms with Crippen LogP contribution in [0.1, 0.15) is 26.7 Å². The standard InChI is InChI=1S/C11H21NO3/c1-11(2)14-8-6-5-7(12(3)4)9(13)10(8)15-11/h7-10,13H,5-6H2,1-4H3/t7-,8+,9+,10+/m0/s1. The predicted octanol–water partition coefficient (Wildman–Crippen LogP) is 0.591. The van der Waals surface area contributed by atoms with Crippen LogP contribution in [0.15, 0.2) is 0 Å². The number of rotatable bonds is 1. The molecule has 0 amide bonds. The van der Waals surface area contributed by atoms with Crippen LogP contribution in [0.2, 0.25) is 0 Å². The van der Waals surface area contributed by atoms with Crippen LogP contribution in [0.3, 0.4) is 0 Å². The van der Waals surface area contributed by atoms with E-state index in [1.54, 1.807) is 0 Å². The van der Waals surface area contributed by atoms with Crippen molar-refractivity contribution in [3.8, 4) is 0 Å². The van der Waals surface area contributed by atoms with E-state index in [1.807, 2.05) is 27.9 Å². The van der Waals surface area contributed by atoms with Crippen molar-refractivity contribution in [2.75, 3.05) is 14.1 Å². The molecule has 1 saturated heterocycles. The van der Waals surface area contributed by atoms with Gasteiger partial charge in [-0.25, -0.2) is 0 Å². The van der Waals surface area contributed by atoms with Crippen molar-refractivity contribution in [2.45, 2.75) is 56.8 Å². The van der Waals surface area contributed by atoms with Gasteiger partial charge in [0.1, 0.15) is 6.10 Å². The van der Waals surface area contributed by atoms with Crippen LogP contribution < -0.4 is 0 Å². The largest absolute Gasteiger partial charge is 0.389 e. The number of hydrogen-bond donors (Lipinski definition) is 1. The van der Waals surface area contributed by atoms with E-state index in [0.29, 0.717) is 0 Å². The molecule has 2 rings (SSSR count). The Bertz CT molecular complexity index is 242. The highest BCUT2D eigenvalue weighted by molar-refractivity contribution is 4.97. The monoisotopic (exact) mass is 215 g/mol. The van der Waals surface area contributed by atoms with Crippen LogP contribution in [-0.2, 0) is 9.47 Å². The molecular weight excluding hydrogens is 194 g/mol. The van der Waals surface area contributed by atoms with Gasteiger partial charge in [0.2, 0.25) is 0 Å². The summed E-state index contributed by atoms with van der Waals surface area (Å²) in [5.74, 6) is -0.544. The number of fused-ring (bicyclic) bond motifs is 1. The van der Waals surface area contributed by atoms with Crippen molar-refractivity contribution >= 4 is 0 Å². The lowest BCUT2D eigenvalue weighted by molar-refractivity contribution is -0.156. The minimum Gasteiger partial charge on any atom is -0.389 e. The second kappa shape index (κ2) is 3.70. The summed E-state index contributed by atoms with van der Waals surface area (Å²) >= 11 is 0. The van der Waals surface area contributed by atoms with Crippen LogP contribution in [0.4, 0.5) is 0 Å². The third kappa shape index (κ3) is 2.04. The maximum absolute atomic E-state index is 10.2. The van der Waals surface area contributed by atoms with E-state index in [0.717, 1.165) is 12.8 Å². The van der Waals surface area contributed by atoms with Crippen LogP contribution >= 0.6 is 0 Å². The van der Waals surface area contributed by atoms with Gasteiger partial charge in [0.25, 0.3) is 0 Å². The fourth-order valence-corrected chi connectivity index (χ4v) is 2.66. The molecule has 0 aromatic heterocycles. The first-order chi connectivity index (χ1) is 6.91. The molecule has 0 unspecified atom stereocenters. The van der Waals surface area contributed by atoms with Gasteiger partial charge in [0, 0.05) is 6.04 Å². The molecule has 1 N–H and O–H groups in total. The van der Waals surface area contributed by atoms with Gasteiger partial charge < -0.3 is 19.5 Å². The lowest BCUT2D eigenvalue weighted by atomic mass is 9.87. The third-order valence-corrected chi connectivity index (χ3v) is 3.36. The molecule has 0 aromatic rings. The Hall–Kier alpha value is -0.160. The molecule has 4 nitrogen and oxygen atoms in total. The zero-order valence-corrected chi connectivity index (χ0v) is 9.93. The second-order valence-electron chi connectivity index (χ2n) is 5.24. The Morgan fingerprint density at radius 3 is 2.47 bits per heavy atom. The Labute approximate surface area is 91.2 Å². The molecule has 15 heavy (non-hydrogen) atoms. The Morgan fingerprint density at radius 2 is 1.87 bits per heavy atom. The van der Waals surface area contributed by atoms with Crippen molar-refractivity contribution in [1.82, 2.24) is 4.90 Å². The molecule has 2 aliphatic rings. The molecule has 4 atom stereocenters. The summed E-state index contributed by atoms with van der Waals surface area (Å²) in [6.45, 7) is 3.81. The number of aliphatic hydroxyl groups is 1. The molecule has 0 radical (unpaired) electrons. The average Bonchev–Trinajstić information content (AvgIpc) is 2.40. The SMILES string of the molecule is CN(C)[C@H]1CC[C@H]2OC(C)(C)O[C@H]2[C@@H]1O. The predicted molar refractivity (Wildman–Crippen MR) is 56.5 cm³/mol. The maximum Gasteiger partial charge on any atom is 0.163 e. The van der Waals surface area contributed by atoms with E-state index < -0.39 is 11.9 Å². The molecule has 0 bridgehead atoms. The van der Waals surface area contributed by atoms with Crippen LogP contribution in [0, 0.1) is 0 Å². The molecule has 88 valence electrons. The topological polar surface area (TPSA) is 41.9 Å². The van der Waals surface area contributed by atoms with E-state index in [4.69, 9.17) is 9.47 Å². The number of hydrogen-bond acceptors (Lipinski definition) is 4. The van der Waals surface area contributed by atoms with E-state index in [1.165, 1.54) is 0 Å². The zero-order chi connectivity index (χ0) is 11.2. The lowest BCUT2D eigenvalue weighted by Gasteiger charge is -2.38. The quantitative estimate of drug-likeness (QED) is 0.695. The fourth-order valence-electron chi connectivity index (χ4n) is 2.66. The molecule has 0 spiro atoms. The first kappa shape index (κ1) is 11.3. The Morgan fingerprint density at radius 1 is 1.20 bits per heavy atom. The summed E-state index contributed by atoms with van der Waals surface area (Å²) in [5, 5.41) is 10.2. The van der Waals surface area contributed by atoms with Gasteiger partial charge in [0.15, 0.2) is 5.79 Å². The molecule has 1 aliphatic carbocycles. The summed E-state index contributed by atoms with van der Waals surface area (Å²) in [6.07, 6.45) is 1.39. The van der Waals surface area contributed by atoms with Crippen molar-refractivity contribution in [2.24, 2.45) is 0 Å². The highest BCUT2D eigenvalue weighted by atomic mass is 16.8. The van der Waals surface area contributed by atoms with E-state index >= 15 is 0 Å². The molecule has 4 heteroatoms.